The highest BCUT2D eigenvalue weighted by Gasteiger charge is 2.28. The van der Waals surface area contributed by atoms with Crippen LogP contribution in [0.2, 0.25) is 0 Å². The minimum absolute atomic E-state index is 0.0156. The van der Waals surface area contributed by atoms with Gasteiger partial charge in [0.2, 0.25) is 5.88 Å². The number of aromatic nitrogens is 4. The van der Waals surface area contributed by atoms with Crippen molar-refractivity contribution in [3.8, 4) is 5.88 Å². The Hall–Kier alpha value is -2.36. The van der Waals surface area contributed by atoms with E-state index in [0.717, 1.165) is 62.7 Å². The summed E-state index contributed by atoms with van der Waals surface area (Å²) in [6.07, 6.45) is 4.60. The first kappa shape index (κ1) is 22.4. The third-order valence-corrected chi connectivity index (χ3v) is 6.55. The van der Waals surface area contributed by atoms with Crippen LogP contribution in [-0.2, 0) is 0 Å². The van der Waals surface area contributed by atoms with Crippen molar-refractivity contribution in [2.45, 2.75) is 37.5 Å². The van der Waals surface area contributed by atoms with Crippen LogP contribution in [0.1, 0.15) is 49.2 Å². The SMILES string of the molecule is O=c1[nH]c(C2CC2)nc2ccc(Br)cc12.OCCOc1nc(C2CC2)nc2ccc(Br)cc12. The van der Waals surface area contributed by atoms with Gasteiger partial charge in [-0.25, -0.2) is 9.97 Å². The molecule has 2 N–H and O–H groups in total. The molecule has 0 saturated heterocycles. The number of nitrogens with one attached hydrogen (secondary N) is 1. The lowest BCUT2D eigenvalue weighted by molar-refractivity contribution is 0.198. The molecule has 0 amide bonds. The molecule has 2 aromatic heterocycles. The van der Waals surface area contributed by atoms with Crippen LogP contribution >= 0.6 is 31.9 Å². The molecule has 4 aromatic rings. The van der Waals surface area contributed by atoms with E-state index in [2.05, 4.69) is 51.8 Å². The van der Waals surface area contributed by atoms with Crippen molar-refractivity contribution in [3.05, 3.63) is 67.3 Å². The molecule has 2 aliphatic carbocycles. The molecule has 2 aliphatic rings. The highest BCUT2D eigenvalue weighted by Crippen LogP contribution is 2.40. The van der Waals surface area contributed by atoms with Crippen molar-refractivity contribution in [3.63, 3.8) is 0 Å². The van der Waals surface area contributed by atoms with Gasteiger partial charge in [0.05, 0.1) is 28.4 Å². The molecule has 0 spiro atoms. The van der Waals surface area contributed by atoms with Crippen LogP contribution in [0.25, 0.3) is 21.8 Å². The average Bonchev–Trinajstić information content (AvgIpc) is 3.71. The second-order valence-corrected chi connectivity index (χ2v) is 10.1. The van der Waals surface area contributed by atoms with Gasteiger partial charge < -0.3 is 14.8 Å². The van der Waals surface area contributed by atoms with Crippen molar-refractivity contribution in [2.75, 3.05) is 13.2 Å². The lowest BCUT2D eigenvalue weighted by atomic mass is 10.2. The first-order valence-electron chi connectivity index (χ1n) is 10.9. The largest absolute Gasteiger partial charge is 0.475 e. The molecule has 0 atom stereocenters. The summed E-state index contributed by atoms with van der Waals surface area (Å²) in [5.41, 5.74) is 1.63. The summed E-state index contributed by atoms with van der Waals surface area (Å²) in [5.74, 6) is 3.23. The summed E-state index contributed by atoms with van der Waals surface area (Å²) in [6, 6.07) is 11.4. The number of ether oxygens (including phenoxy) is 1. The lowest BCUT2D eigenvalue weighted by Gasteiger charge is -2.09. The molecule has 6 rings (SSSR count). The molecule has 0 radical (unpaired) electrons. The van der Waals surface area contributed by atoms with E-state index in [-0.39, 0.29) is 18.8 Å². The summed E-state index contributed by atoms with van der Waals surface area (Å²) < 4.78 is 7.39. The van der Waals surface area contributed by atoms with Crippen molar-refractivity contribution in [2.24, 2.45) is 0 Å². The number of benzene rings is 2. The molecule has 0 bridgehead atoms. The highest BCUT2D eigenvalue weighted by molar-refractivity contribution is 9.10. The van der Waals surface area contributed by atoms with Crippen molar-refractivity contribution < 1.29 is 9.84 Å². The third-order valence-electron chi connectivity index (χ3n) is 5.56. The average molecular weight is 574 g/mol. The van der Waals surface area contributed by atoms with Crippen molar-refractivity contribution in [1.29, 1.82) is 0 Å². The number of fused-ring (bicyclic) bond motifs is 2. The van der Waals surface area contributed by atoms with E-state index in [0.29, 0.717) is 23.1 Å². The van der Waals surface area contributed by atoms with E-state index in [4.69, 9.17) is 9.84 Å². The zero-order chi connectivity index (χ0) is 22.9. The smallest absolute Gasteiger partial charge is 0.258 e. The molecule has 2 heterocycles. The van der Waals surface area contributed by atoms with E-state index in [1.165, 1.54) is 0 Å². The number of H-pyrrole nitrogens is 1. The number of hydrogen-bond acceptors (Lipinski definition) is 6. The molecule has 2 fully saturated rings. The van der Waals surface area contributed by atoms with Gasteiger partial charge >= 0.3 is 0 Å². The van der Waals surface area contributed by atoms with Crippen LogP contribution in [0.3, 0.4) is 0 Å². The number of hydrogen-bond donors (Lipinski definition) is 2. The van der Waals surface area contributed by atoms with Crippen LogP contribution in [0.5, 0.6) is 5.88 Å². The molecule has 0 unspecified atom stereocenters. The van der Waals surface area contributed by atoms with Crippen LogP contribution in [0.15, 0.2) is 50.1 Å². The van der Waals surface area contributed by atoms with E-state index >= 15 is 0 Å². The minimum atomic E-state index is -0.0387. The summed E-state index contributed by atoms with van der Waals surface area (Å²) in [6.45, 7) is 0.237. The number of nitrogens with zero attached hydrogens (tertiary/aromatic N) is 3. The molecule has 9 heteroatoms. The molecular weight excluding hydrogens is 552 g/mol. The number of aliphatic hydroxyl groups is 1. The fourth-order valence-corrected chi connectivity index (χ4v) is 4.27. The van der Waals surface area contributed by atoms with Crippen molar-refractivity contribution >= 4 is 53.7 Å². The second-order valence-electron chi connectivity index (χ2n) is 8.28. The number of rotatable bonds is 5. The molecule has 33 heavy (non-hydrogen) atoms. The Balaban J connectivity index is 0.000000140. The Morgan fingerprint density at radius 1 is 0.909 bits per heavy atom. The monoisotopic (exact) mass is 572 g/mol. The summed E-state index contributed by atoms with van der Waals surface area (Å²) >= 11 is 6.78. The normalized spacial score (nSPS) is 15.4. The predicted molar refractivity (Wildman–Crippen MR) is 134 cm³/mol. The molecule has 2 aromatic carbocycles. The van der Waals surface area contributed by atoms with Gasteiger partial charge in [0.25, 0.3) is 5.56 Å². The van der Waals surface area contributed by atoms with Gasteiger partial charge in [-0.2, -0.15) is 4.98 Å². The van der Waals surface area contributed by atoms with Gasteiger partial charge in [0.1, 0.15) is 18.3 Å². The Morgan fingerprint density at radius 2 is 1.55 bits per heavy atom. The maximum absolute atomic E-state index is 11.8. The predicted octanol–water partition coefficient (Wildman–Crippen LogP) is 5.20. The van der Waals surface area contributed by atoms with E-state index in [1.807, 2.05) is 30.3 Å². The van der Waals surface area contributed by atoms with Crippen molar-refractivity contribution in [1.82, 2.24) is 19.9 Å². The van der Waals surface area contributed by atoms with Crippen LogP contribution in [-0.4, -0.2) is 38.3 Å². The summed E-state index contributed by atoms with van der Waals surface area (Å²) in [4.78, 5) is 28.1. The maximum Gasteiger partial charge on any atom is 0.258 e. The first-order valence-corrected chi connectivity index (χ1v) is 12.5. The topological polar surface area (TPSA) is 101 Å². The quantitative estimate of drug-likeness (QED) is 0.340. The Bertz CT molecular complexity index is 1380. The van der Waals surface area contributed by atoms with E-state index < -0.39 is 0 Å². The molecule has 0 aliphatic heterocycles. The fraction of sp³-hybridized carbons (Fsp3) is 0.333. The van der Waals surface area contributed by atoms with Crippen LogP contribution in [0, 0.1) is 0 Å². The fourth-order valence-electron chi connectivity index (χ4n) is 3.55. The molecule has 7 nitrogen and oxygen atoms in total. The molecular formula is C24H22Br2N4O3. The first-order chi connectivity index (χ1) is 16.0. The highest BCUT2D eigenvalue weighted by atomic mass is 79.9. The van der Waals surface area contributed by atoms with E-state index in [1.54, 1.807) is 6.07 Å². The minimum Gasteiger partial charge on any atom is -0.475 e. The Labute approximate surface area is 206 Å². The summed E-state index contributed by atoms with van der Waals surface area (Å²) in [7, 11) is 0. The van der Waals surface area contributed by atoms with Gasteiger partial charge in [-0.05, 0) is 62.1 Å². The Morgan fingerprint density at radius 3 is 2.18 bits per heavy atom. The van der Waals surface area contributed by atoms with Gasteiger partial charge in [0, 0.05) is 20.8 Å². The second kappa shape index (κ2) is 9.48. The van der Waals surface area contributed by atoms with Gasteiger partial charge in [-0.1, -0.05) is 31.9 Å². The molecule has 2 saturated carbocycles. The van der Waals surface area contributed by atoms with Crippen LogP contribution in [0.4, 0.5) is 0 Å². The Kier molecular flexibility index (Phi) is 6.44. The van der Waals surface area contributed by atoms with Gasteiger partial charge in [0.15, 0.2) is 0 Å². The summed E-state index contributed by atoms with van der Waals surface area (Å²) in [5, 5.41) is 10.4. The van der Waals surface area contributed by atoms with Gasteiger partial charge in [-0.3, -0.25) is 4.79 Å². The van der Waals surface area contributed by atoms with Gasteiger partial charge in [-0.15, -0.1) is 0 Å². The lowest BCUT2D eigenvalue weighted by Crippen LogP contribution is -2.11. The molecule has 170 valence electrons. The van der Waals surface area contributed by atoms with E-state index in [9.17, 15) is 4.79 Å². The number of aromatic amines is 1. The third kappa shape index (κ3) is 5.26. The maximum atomic E-state index is 11.8. The number of aliphatic hydroxyl groups excluding tert-OH is 1. The number of halogens is 2. The van der Waals surface area contributed by atoms with Crippen LogP contribution < -0.4 is 10.3 Å². The zero-order valence-electron chi connectivity index (χ0n) is 17.7. The zero-order valence-corrected chi connectivity index (χ0v) is 20.9. The standard InChI is InChI=1S/C13H13BrN2O2.C11H9BrN2O/c14-9-3-4-11-10(7-9)13(18-6-5-17)16-12(15-11)8-1-2-8;12-7-3-4-9-8(5-7)11(15)14-10(13-9)6-1-2-6/h3-4,7-8,17H,1-2,5-6H2;3-6H,1-2H2,(H,13,14,15).